The highest BCUT2D eigenvalue weighted by molar-refractivity contribution is 8.06. The fraction of sp³-hybridized carbons (Fsp3) is 0.455. The van der Waals surface area contributed by atoms with E-state index in [4.69, 9.17) is 10.3 Å². The number of anilines is 1. The quantitative estimate of drug-likeness (QED) is 0.918. The molecule has 0 bridgehead atoms. The van der Waals surface area contributed by atoms with Crippen LogP contribution in [0.1, 0.15) is 18.0 Å². The minimum atomic E-state index is 0.320. The first-order chi connectivity index (χ1) is 8.75. The fourth-order valence-corrected chi connectivity index (χ4v) is 5.19. The third-order valence-corrected chi connectivity index (χ3v) is 6.64. The maximum atomic E-state index is 5.87. The highest BCUT2D eigenvalue weighted by Crippen LogP contribution is 2.42. The van der Waals surface area contributed by atoms with Crippen LogP contribution in [0, 0.1) is 0 Å². The second-order valence-electron chi connectivity index (χ2n) is 4.02. The van der Waals surface area contributed by atoms with E-state index in [1.807, 2.05) is 35.0 Å². The van der Waals surface area contributed by atoms with E-state index in [1.54, 1.807) is 0 Å². The summed E-state index contributed by atoms with van der Waals surface area (Å²) in [5.41, 5.74) is 6.72. The summed E-state index contributed by atoms with van der Waals surface area (Å²) in [5.74, 6) is 3.67. The zero-order valence-corrected chi connectivity index (χ0v) is 12.3. The van der Waals surface area contributed by atoms with Crippen LogP contribution in [0.25, 0.3) is 11.5 Å². The van der Waals surface area contributed by atoms with Crippen LogP contribution in [0.2, 0.25) is 0 Å². The summed E-state index contributed by atoms with van der Waals surface area (Å²) in [6, 6.07) is 1.92. The Kier molecular flexibility index (Phi) is 3.54. The summed E-state index contributed by atoms with van der Waals surface area (Å²) < 4.78 is 5.33. The number of rotatable bonds is 2. The van der Waals surface area contributed by atoms with E-state index in [0.717, 1.165) is 22.1 Å². The minimum absolute atomic E-state index is 0.320. The maximum absolute atomic E-state index is 5.87. The number of nitrogen functional groups attached to an aromatic ring is 1. The molecule has 2 aromatic rings. The van der Waals surface area contributed by atoms with Crippen molar-refractivity contribution in [2.45, 2.75) is 17.4 Å². The Labute approximate surface area is 118 Å². The molecule has 3 heterocycles. The molecule has 2 atom stereocenters. The molecule has 1 saturated heterocycles. The summed E-state index contributed by atoms with van der Waals surface area (Å²) in [7, 11) is 0. The van der Waals surface area contributed by atoms with Gasteiger partial charge in [-0.3, -0.25) is 0 Å². The predicted molar refractivity (Wildman–Crippen MR) is 79.1 cm³/mol. The van der Waals surface area contributed by atoms with Crippen LogP contribution in [-0.2, 0) is 0 Å². The van der Waals surface area contributed by atoms with Gasteiger partial charge in [-0.2, -0.15) is 16.7 Å². The monoisotopic (exact) mass is 299 g/mol. The normalized spacial score (nSPS) is 24.3. The Morgan fingerprint density at radius 1 is 1.39 bits per heavy atom. The molecule has 18 heavy (non-hydrogen) atoms. The van der Waals surface area contributed by atoms with E-state index in [1.165, 1.54) is 17.1 Å². The fourth-order valence-electron chi connectivity index (χ4n) is 1.87. The summed E-state index contributed by atoms with van der Waals surface area (Å²) in [6.45, 7) is 2.22. The summed E-state index contributed by atoms with van der Waals surface area (Å²) in [4.78, 5) is 4.50. The van der Waals surface area contributed by atoms with E-state index in [0.29, 0.717) is 16.4 Å². The largest absolute Gasteiger partial charge is 0.390 e. The second-order valence-corrected chi connectivity index (χ2v) is 7.71. The van der Waals surface area contributed by atoms with Crippen LogP contribution in [0.3, 0.4) is 0 Å². The highest BCUT2D eigenvalue weighted by atomic mass is 32.2. The van der Waals surface area contributed by atoms with Gasteiger partial charge in [-0.25, -0.2) is 0 Å². The standard InChI is InChI=1S/C11H13N3OS3/c1-6-8(17-5-4-16-6)10-13-11(15-14-10)7-2-3-18-9(7)12/h2-3,6,8H,4-5,12H2,1H3. The lowest BCUT2D eigenvalue weighted by molar-refractivity contribution is 0.422. The maximum Gasteiger partial charge on any atom is 0.260 e. The van der Waals surface area contributed by atoms with Crippen LogP contribution >= 0.6 is 34.9 Å². The van der Waals surface area contributed by atoms with E-state index in [9.17, 15) is 0 Å². The van der Waals surface area contributed by atoms with Crippen molar-refractivity contribution in [1.82, 2.24) is 10.1 Å². The molecule has 2 N–H and O–H groups in total. The molecule has 96 valence electrons. The second kappa shape index (κ2) is 5.14. The van der Waals surface area contributed by atoms with Crippen LogP contribution in [-0.4, -0.2) is 26.9 Å². The number of nitrogens with two attached hydrogens (primary N) is 1. The number of thiophene rings is 1. The van der Waals surface area contributed by atoms with Crippen LogP contribution < -0.4 is 5.73 Å². The lowest BCUT2D eigenvalue weighted by atomic mass is 10.3. The highest BCUT2D eigenvalue weighted by Gasteiger charge is 2.28. The van der Waals surface area contributed by atoms with Crippen LogP contribution in [0.15, 0.2) is 16.0 Å². The average molecular weight is 299 g/mol. The number of aromatic nitrogens is 2. The van der Waals surface area contributed by atoms with E-state index < -0.39 is 0 Å². The Bertz CT molecular complexity index is 539. The molecule has 0 amide bonds. The summed E-state index contributed by atoms with van der Waals surface area (Å²) in [5, 5.41) is 7.62. The smallest absolute Gasteiger partial charge is 0.260 e. The molecule has 0 saturated carbocycles. The van der Waals surface area contributed by atoms with E-state index >= 15 is 0 Å². The molecule has 2 aromatic heterocycles. The molecule has 1 fully saturated rings. The number of hydrogen-bond acceptors (Lipinski definition) is 7. The summed E-state index contributed by atoms with van der Waals surface area (Å²) >= 11 is 5.36. The Morgan fingerprint density at radius 2 is 2.22 bits per heavy atom. The van der Waals surface area contributed by atoms with Crippen molar-refractivity contribution in [2.75, 3.05) is 17.2 Å². The zero-order valence-electron chi connectivity index (χ0n) is 9.83. The van der Waals surface area contributed by atoms with Crippen molar-refractivity contribution in [3.8, 4) is 11.5 Å². The topological polar surface area (TPSA) is 64.9 Å². The van der Waals surface area contributed by atoms with Gasteiger partial charge in [0.1, 0.15) is 0 Å². The lowest BCUT2D eigenvalue weighted by Crippen LogP contribution is -2.16. The van der Waals surface area contributed by atoms with Gasteiger partial charge in [0.15, 0.2) is 5.82 Å². The van der Waals surface area contributed by atoms with E-state index in [2.05, 4.69) is 17.1 Å². The Balaban J connectivity index is 1.87. The van der Waals surface area contributed by atoms with E-state index in [-0.39, 0.29) is 0 Å². The molecular formula is C11H13N3OS3. The van der Waals surface area contributed by atoms with Crippen LogP contribution in [0.4, 0.5) is 5.00 Å². The average Bonchev–Trinajstić information content (AvgIpc) is 2.98. The molecule has 4 nitrogen and oxygen atoms in total. The molecular weight excluding hydrogens is 286 g/mol. The molecule has 0 radical (unpaired) electrons. The van der Waals surface area contributed by atoms with Gasteiger partial charge >= 0.3 is 0 Å². The third-order valence-electron chi connectivity index (χ3n) is 2.81. The van der Waals surface area contributed by atoms with Gasteiger partial charge < -0.3 is 10.3 Å². The lowest BCUT2D eigenvalue weighted by Gasteiger charge is -2.24. The van der Waals surface area contributed by atoms with Crippen LogP contribution in [0.5, 0.6) is 0 Å². The molecule has 1 aliphatic rings. The van der Waals surface area contributed by atoms with Gasteiger partial charge in [-0.05, 0) is 11.4 Å². The molecule has 1 aliphatic heterocycles. The van der Waals surface area contributed by atoms with Gasteiger partial charge in [-0.1, -0.05) is 12.1 Å². The van der Waals surface area contributed by atoms with Crippen molar-refractivity contribution in [3.63, 3.8) is 0 Å². The summed E-state index contributed by atoms with van der Waals surface area (Å²) in [6.07, 6.45) is 0. The molecule has 7 heteroatoms. The van der Waals surface area contributed by atoms with Crippen molar-refractivity contribution < 1.29 is 4.52 Å². The third kappa shape index (κ3) is 2.26. The first kappa shape index (κ1) is 12.4. The van der Waals surface area contributed by atoms with Crippen molar-refractivity contribution in [3.05, 3.63) is 17.3 Å². The van der Waals surface area contributed by atoms with Gasteiger partial charge in [-0.15, -0.1) is 23.1 Å². The predicted octanol–water partition coefficient (Wildman–Crippen LogP) is 3.29. The van der Waals surface area contributed by atoms with Gasteiger partial charge in [0.05, 0.1) is 15.8 Å². The zero-order chi connectivity index (χ0) is 12.5. The number of hydrogen-bond donors (Lipinski definition) is 1. The number of thioether (sulfide) groups is 2. The molecule has 0 spiro atoms. The first-order valence-electron chi connectivity index (χ1n) is 5.66. The van der Waals surface area contributed by atoms with Gasteiger partial charge in [0, 0.05) is 16.8 Å². The molecule has 3 rings (SSSR count). The van der Waals surface area contributed by atoms with Crippen molar-refractivity contribution in [2.24, 2.45) is 0 Å². The minimum Gasteiger partial charge on any atom is -0.390 e. The molecule has 2 unspecified atom stereocenters. The first-order valence-corrected chi connectivity index (χ1v) is 8.63. The van der Waals surface area contributed by atoms with Crippen molar-refractivity contribution >= 4 is 39.9 Å². The molecule has 0 aliphatic carbocycles. The Hall–Kier alpha value is -0.660. The van der Waals surface area contributed by atoms with Gasteiger partial charge in [0.25, 0.3) is 5.89 Å². The van der Waals surface area contributed by atoms with Crippen molar-refractivity contribution in [1.29, 1.82) is 0 Å². The van der Waals surface area contributed by atoms with Gasteiger partial charge in [0.2, 0.25) is 0 Å². The Morgan fingerprint density at radius 3 is 2.94 bits per heavy atom. The molecule has 0 aromatic carbocycles. The number of nitrogens with zero attached hydrogens (tertiary/aromatic N) is 2. The SMILES string of the molecule is CC1SCCSC1c1noc(-c2ccsc2N)n1.